The number of likely N-dealkylation sites (tertiary alicyclic amines) is 1. The molecule has 0 radical (unpaired) electrons. The van der Waals surface area contributed by atoms with E-state index in [4.69, 9.17) is 5.11 Å². The Kier molecular flexibility index (Phi) is 8.39. The van der Waals surface area contributed by atoms with Crippen LogP contribution in [-0.2, 0) is 17.8 Å². The van der Waals surface area contributed by atoms with Gasteiger partial charge in [0, 0.05) is 67.1 Å². The van der Waals surface area contributed by atoms with Gasteiger partial charge in [0.25, 0.3) is 0 Å². The van der Waals surface area contributed by atoms with Gasteiger partial charge in [-0.2, -0.15) is 0 Å². The minimum Gasteiger partial charge on any atom is -0.480 e. The van der Waals surface area contributed by atoms with Crippen LogP contribution in [0.2, 0.25) is 0 Å². The summed E-state index contributed by atoms with van der Waals surface area (Å²) in [6.07, 6.45) is 3.86. The topological polar surface area (TPSA) is 62.8 Å². The van der Waals surface area contributed by atoms with Gasteiger partial charge >= 0.3 is 5.97 Å². The highest BCUT2D eigenvalue weighted by molar-refractivity contribution is 5.84. The number of hydrogen-bond acceptors (Lipinski definition) is 4. The summed E-state index contributed by atoms with van der Waals surface area (Å²) in [7, 11) is 0. The van der Waals surface area contributed by atoms with Crippen molar-refractivity contribution in [1.82, 2.24) is 14.8 Å². The fourth-order valence-electron chi connectivity index (χ4n) is 6.83. The van der Waals surface area contributed by atoms with Crippen LogP contribution in [0.25, 0.3) is 10.9 Å². The Morgan fingerprint density at radius 3 is 2.39 bits per heavy atom. The van der Waals surface area contributed by atoms with E-state index >= 15 is 0 Å². The van der Waals surface area contributed by atoms with E-state index in [0.717, 1.165) is 64.5 Å². The first kappa shape index (κ1) is 29.5. The number of piperidine rings is 1. The van der Waals surface area contributed by atoms with Crippen molar-refractivity contribution in [2.24, 2.45) is 5.41 Å². The van der Waals surface area contributed by atoms with E-state index in [-0.39, 0.29) is 12.0 Å². The van der Waals surface area contributed by atoms with Crippen molar-refractivity contribution in [3.05, 3.63) is 65.4 Å². The van der Waals surface area contributed by atoms with Crippen molar-refractivity contribution >= 4 is 22.6 Å². The summed E-state index contributed by atoms with van der Waals surface area (Å²) in [4.78, 5) is 20.5. The standard InChI is InChI=1S/C16H20F2N2O2.C16H21FN2/c17-12-7-13(18)9-14(8-12)20-5-2-16(3-6-20)1-4-19(11-16)10-15(21)22;1-11-8-13-12-6-4-5-7-14(12)18-15(13)9-19(11)10-16(2,3)17/h7-9H,1-6,10-11H2,(H,21,22);4-7,11,18H,8-10H2,1-3H3. The molecule has 3 aromatic rings. The highest BCUT2D eigenvalue weighted by Crippen LogP contribution is 2.41. The number of para-hydroxylation sites is 1. The lowest BCUT2D eigenvalue weighted by Gasteiger charge is -2.40. The van der Waals surface area contributed by atoms with Gasteiger partial charge in [0.1, 0.15) is 17.3 Å². The first-order valence-corrected chi connectivity index (χ1v) is 14.6. The van der Waals surface area contributed by atoms with Crippen molar-refractivity contribution in [2.45, 2.75) is 64.7 Å². The third-order valence-electron chi connectivity index (χ3n) is 8.88. The Bertz CT molecular complexity index is 1360. The molecule has 6 nitrogen and oxygen atoms in total. The number of aromatic amines is 1. The van der Waals surface area contributed by atoms with E-state index < -0.39 is 23.3 Å². The van der Waals surface area contributed by atoms with Crippen molar-refractivity contribution < 1.29 is 23.1 Å². The van der Waals surface area contributed by atoms with Crippen LogP contribution in [0.15, 0.2) is 42.5 Å². The smallest absolute Gasteiger partial charge is 0.317 e. The number of aromatic nitrogens is 1. The lowest BCUT2D eigenvalue weighted by Crippen LogP contribution is -2.44. The maximum absolute atomic E-state index is 13.9. The molecule has 9 heteroatoms. The van der Waals surface area contributed by atoms with Crippen LogP contribution in [0.1, 0.15) is 51.3 Å². The number of anilines is 1. The molecule has 41 heavy (non-hydrogen) atoms. The van der Waals surface area contributed by atoms with Crippen LogP contribution in [0.5, 0.6) is 0 Å². The highest BCUT2D eigenvalue weighted by Gasteiger charge is 2.41. The van der Waals surface area contributed by atoms with Crippen LogP contribution in [-0.4, -0.2) is 76.8 Å². The molecule has 2 aromatic carbocycles. The molecule has 6 rings (SSSR count). The fraction of sp³-hybridized carbons (Fsp3) is 0.531. The van der Waals surface area contributed by atoms with Gasteiger partial charge in [0.05, 0.1) is 6.54 Å². The molecule has 1 aromatic heterocycles. The summed E-state index contributed by atoms with van der Waals surface area (Å²) in [6.45, 7) is 10.0. The fourth-order valence-corrected chi connectivity index (χ4v) is 6.83. The Balaban J connectivity index is 0.000000166. The van der Waals surface area contributed by atoms with Crippen molar-refractivity contribution in [2.75, 3.05) is 44.2 Å². The summed E-state index contributed by atoms with van der Waals surface area (Å²) >= 11 is 0. The number of fused-ring (bicyclic) bond motifs is 3. The lowest BCUT2D eigenvalue weighted by molar-refractivity contribution is -0.138. The molecular formula is C32H41F3N4O2. The first-order chi connectivity index (χ1) is 19.4. The zero-order valence-electron chi connectivity index (χ0n) is 24.2. The molecule has 1 unspecified atom stereocenters. The molecule has 222 valence electrons. The van der Waals surface area contributed by atoms with Crippen molar-refractivity contribution in [3.63, 3.8) is 0 Å². The van der Waals surface area contributed by atoms with E-state index in [1.165, 1.54) is 34.3 Å². The second-order valence-corrected chi connectivity index (χ2v) is 12.8. The molecule has 0 bridgehead atoms. The largest absolute Gasteiger partial charge is 0.480 e. The van der Waals surface area contributed by atoms with Crippen molar-refractivity contribution in [1.29, 1.82) is 0 Å². The molecule has 1 atom stereocenters. The van der Waals surface area contributed by atoms with E-state index in [9.17, 15) is 18.0 Å². The van der Waals surface area contributed by atoms with E-state index in [2.05, 4.69) is 41.1 Å². The van der Waals surface area contributed by atoms with Crippen LogP contribution in [0, 0.1) is 17.0 Å². The van der Waals surface area contributed by atoms with Crippen LogP contribution in [0.3, 0.4) is 0 Å². The van der Waals surface area contributed by atoms with E-state index in [0.29, 0.717) is 18.3 Å². The summed E-state index contributed by atoms with van der Waals surface area (Å²) in [6, 6.07) is 12.4. The zero-order valence-corrected chi connectivity index (χ0v) is 24.2. The molecule has 0 aliphatic carbocycles. The molecule has 0 saturated carbocycles. The predicted octanol–water partition coefficient (Wildman–Crippen LogP) is 6.00. The highest BCUT2D eigenvalue weighted by atomic mass is 19.1. The van der Waals surface area contributed by atoms with Gasteiger partial charge < -0.3 is 15.0 Å². The number of carboxylic acids is 1. The average Bonchev–Trinajstić information content (AvgIpc) is 3.44. The normalized spacial score (nSPS) is 21.1. The number of rotatable bonds is 5. The number of aliphatic carboxylic acids is 1. The Morgan fingerprint density at radius 1 is 1.07 bits per heavy atom. The molecule has 4 heterocycles. The van der Waals surface area contributed by atoms with Gasteiger partial charge in [-0.15, -0.1) is 0 Å². The number of nitrogens with one attached hydrogen (secondary N) is 1. The van der Waals surface area contributed by atoms with Gasteiger partial charge in [0.2, 0.25) is 0 Å². The molecule has 1 spiro atoms. The Hall–Kier alpha value is -3.04. The molecule has 3 aliphatic rings. The van der Waals surface area contributed by atoms with Crippen molar-refractivity contribution in [3.8, 4) is 0 Å². The first-order valence-electron chi connectivity index (χ1n) is 14.6. The van der Waals surface area contributed by atoms with E-state index in [1.807, 2.05) is 9.80 Å². The molecule has 2 N–H and O–H groups in total. The lowest BCUT2D eigenvalue weighted by atomic mass is 9.77. The Morgan fingerprint density at radius 2 is 1.73 bits per heavy atom. The maximum atomic E-state index is 13.9. The molecule has 2 saturated heterocycles. The molecular weight excluding hydrogens is 529 g/mol. The number of hydrogen-bond donors (Lipinski definition) is 2. The summed E-state index contributed by atoms with van der Waals surface area (Å²) in [5, 5.41) is 10.2. The summed E-state index contributed by atoms with van der Waals surface area (Å²) in [5.74, 6) is -1.89. The minimum absolute atomic E-state index is 0.0978. The number of halogens is 3. The van der Waals surface area contributed by atoms with Crippen LogP contribution < -0.4 is 4.90 Å². The van der Waals surface area contributed by atoms with Gasteiger partial charge in [-0.3, -0.25) is 14.6 Å². The SMILES string of the molecule is CC1Cc2c([nH]c3ccccc23)CN1CC(C)(C)F.O=C(O)CN1CCC2(CCN(c3cc(F)cc(F)c3)CC2)C1. The zero-order chi connectivity index (χ0) is 29.4. The third kappa shape index (κ3) is 7.07. The monoisotopic (exact) mass is 570 g/mol. The number of carbonyl (C=O) groups is 1. The van der Waals surface area contributed by atoms with Gasteiger partial charge in [-0.1, -0.05) is 18.2 Å². The van der Waals surface area contributed by atoms with Gasteiger partial charge in [-0.25, -0.2) is 13.2 Å². The maximum Gasteiger partial charge on any atom is 0.317 e. The van der Waals surface area contributed by atoms with Gasteiger partial charge in [-0.05, 0) is 82.2 Å². The second-order valence-electron chi connectivity index (χ2n) is 12.8. The van der Waals surface area contributed by atoms with Crippen LogP contribution in [0.4, 0.5) is 18.9 Å². The van der Waals surface area contributed by atoms with Crippen LogP contribution >= 0.6 is 0 Å². The number of carboxylic acid groups (broad SMARTS) is 1. The number of alkyl halides is 1. The summed E-state index contributed by atoms with van der Waals surface area (Å²) in [5.41, 5.74) is 3.48. The number of benzene rings is 2. The summed E-state index contributed by atoms with van der Waals surface area (Å²) < 4.78 is 40.5. The van der Waals surface area contributed by atoms with Gasteiger partial charge in [0.15, 0.2) is 0 Å². The quantitative estimate of drug-likeness (QED) is 0.394. The predicted molar refractivity (Wildman–Crippen MR) is 156 cm³/mol. The molecule has 3 aliphatic heterocycles. The third-order valence-corrected chi connectivity index (χ3v) is 8.88. The minimum atomic E-state index is -1.14. The molecule has 0 amide bonds. The molecule has 2 fully saturated rings. The van der Waals surface area contributed by atoms with E-state index in [1.54, 1.807) is 13.8 Å². The number of H-pyrrole nitrogens is 1. The second kappa shape index (κ2) is 11.7. The average molecular weight is 571 g/mol. The Labute approximate surface area is 240 Å². The number of nitrogens with zero attached hydrogens (tertiary/aromatic N) is 3.